The fourth-order valence-corrected chi connectivity index (χ4v) is 7.96. The van der Waals surface area contributed by atoms with Crippen LogP contribution in [-0.2, 0) is 4.84 Å². The largest absolute Gasteiger partial charge is 0.301 e. The van der Waals surface area contributed by atoms with E-state index in [1.165, 1.54) is 63.5 Å². The van der Waals surface area contributed by atoms with Crippen LogP contribution in [0.5, 0.6) is 0 Å². The maximum absolute atomic E-state index is 5.98. The number of hydroxylamine groups is 1. The Kier molecular flexibility index (Phi) is 6.48. The zero-order valence-corrected chi connectivity index (χ0v) is 18.8. The van der Waals surface area contributed by atoms with Gasteiger partial charge in [-0.2, -0.15) is 5.48 Å². The predicted octanol–water partition coefficient (Wildman–Crippen LogP) is 5.36. The summed E-state index contributed by atoms with van der Waals surface area (Å²) in [6, 6.07) is 1.19. The highest BCUT2D eigenvalue weighted by Crippen LogP contribution is 2.45. The number of rotatable bonds is 3. The lowest BCUT2D eigenvalue weighted by molar-refractivity contribution is 0.0225. The van der Waals surface area contributed by atoms with Gasteiger partial charge < -0.3 is 5.32 Å². The van der Waals surface area contributed by atoms with E-state index >= 15 is 0 Å². The van der Waals surface area contributed by atoms with Gasteiger partial charge in [0.05, 0.1) is 11.5 Å². The smallest absolute Gasteiger partial charge is 0.0821 e. The van der Waals surface area contributed by atoms with Gasteiger partial charge in [0.25, 0.3) is 0 Å². The molecule has 4 rings (SSSR count). The van der Waals surface area contributed by atoms with Gasteiger partial charge in [0.2, 0.25) is 0 Å². The molecule has 5 unspecified atom stereocenters. The van der Waals surface area contributed by atoms with Gasteiger partial charge in [0.15, 0.2) is 0 Å². The van der Waals surface area contributed by atoms with Gasteiger partial charge in [-0.1, -0.05) is 40.0 Å². The second-order valence-electron chi connectivity index (χ2n) is 10.9. The van der Waals surface area contributed by atoms with E-state index in [1.807, 2.05) is 0 Å². The van der Waals surface area contributed by atoms with Crippen LogP contribution >= 0.6 is 11.8 Å². The molecule has 2 saturated heterocycles. The van der Waals surface area contributed by atoms with Crippen LogP contribution in [0.15, 0.2) is 0 Å². The van der Waals surface area contributed by atoms with Crippen LogP contribution < -0.4 is 10.8 Å². The third kappa shape index (κ3) is 4.54. The summed E-state index contributed by atoms with van der Waals surface area (Å²) in [6.45, 7) is 9.57. The lowest BCUT2D eigenvalue weighted by Gasteiger charge is -2.39. The average molecular weight is 395 g/mol. The third-order valence-electron chi connectivity index (χ3n) is 8.23. The first-order chi connectivity index (χ1) is 12.9. The lowest BCUT2D eigenvalue weighted by Crippen LogP contribution is -2.49. The van der Waals surface area contributed by atoms with E-state index in [-0.39, 0.29) is 0 Å². The van der Waals surface area contributed by atoms with Crippen molar-refractivity contribution < 1.29 is 4.84 Å². The first-order valence-electron chi connectivity index (χ1n) is 11.7. The maximum atomic E-state index is 5.98. The summed E-state index contributed by atoms with van der Waals surface area (Å²) >= 11 is 2.21. The molecular weight excluding hydrogens is 352 g/mol. The molecule has 27 heavy (non-hydrogen) atoms. The molecule has 0 bridgehead atoms. The van der Waals surface area contributed by atoms with Gasteiger partial charge >= 0.3 is 0 Å². The lowest BCUT2D eigenvalue weighted by atomic mass is 9.69. The highest BCUT2D eigenvalue weighted by atomic mass is 32.2. The molecule has 0 amide bonds. The second-order valence-corrected chi connectivity index (χ2v) is 12.1. The van der Waals surface area contributed by atoms with Crippen LogP contribution in [0.2, 0.25) is 0 Å². The minimum atomic E-state index is 0.338. The van der Waals surface area contributed by atoms with Crippen molar-refractivity contribution in [1.29, 1.82) is 0 Å². The van der Waals surface area contributed by atoms with E-state index in [4.69, 9.17) is 4.84 Å². The molecule has 0 aromatic carbocycles. The van der Waals surface area contributed by atoms with Crippen LogP contribution in [0.3, 0.4) is 0 Å². The molecule has 0 spiro atoms. The molecule has 4 aliphatic rings. The highest BCUT2D eigenvalue weighted by molar-refractivity contribution is 8.00. The normalized spacial score (nSPS) is 44.7. The van der Waals surface area contributed by atoms with E-state index in [9.17, 15) is 0 Å². The van der Waals surface area contributed by atoms with Crippen molar-refractivity contribution in [2.24, 2.45) is 29.1 Å². The average Bonchev–Trinajstić information content (AvgIpc) is 3.28. The van der Waals surface area contributed by atoms with Gasteiger partial charge in [0, 0.05) is 23.8 Å². The molecule has 2 saturated carbocycles. The van der Waals surface area contributed by atoms with Crippen molar-refractivity contribution in [3.05, 3.63) is 0 Å². The van der Waals surface area contributed by atoms with Gasteiger partial charge in [-0.25, -0.2) is 0 Å². The van der Waals surface area contributed by atoms with Gasteiger partial charge in [-0.3, -0.25) is 4.84 Å². The van der Waals surface area contributed by atoms with E-state index < -0.39 is 0 Å². The van der Waals surface area contributed by atoms with Crippen molar-refractivity contribution >= 4 is 11.8 Å². The Hall–Kier alpha value is 0.230. The molecular formula is C23H42N2OS. The fourth-order valence-electron chi connectivity index (χ4n) is 6.41. The maximum Gasteiger partial charge on any atom is 0.0821 e. The number of hydrogen-bond acceptors (Lipinski definition) is 4. The van der Waals surface area contributed by atoms with Crippen molar-refractivity contribution in [3.8, 4) is 0 Å². The van der Waals surface area contributed by atoms with E-state index in [1.54, 1.807) is 0 Å². The molecule has 5 atom stereocenters. The Morgan fingerprint density at radius 2 is 1.59 bits per heavy atom. The Labute approximate surface area is 171 Å². The van der Waals surface area contributed by atoms with E-state index in [2.05, 4.69) is 50.3 Å². The van der Waals surface area contributed by atoms with Crippen LogP contribution in [0.25, 0.3) is 0 Å². The molecule has 0 aromatic rings. The Balaban J connectivity index is 1.33. The molecule has 3 nitrogen and oxygen atoms in total. The first kappa shape index (κ1) is 20.5. The molecule has 2 aliphatic heterocycles. The summed E-state index contributed by atoms with van der Waals surface area (Å²) in [4.78, 5) is 5.98. The van der Waals surface area contributed by atoms with Gasteiger partial charge in [-0.15, -0.1) is 11.8 Å². The molecule has 2 aliphatic carbocycles. The van der Waals surface area contributed by atoms with Crippen LogP contribution in [0, 0.1) is 29.1 Å². The summed E-state index contributed by atoms with van der Waals surface area (Å²) < 4.78 is 0. The first-order valence-corrected chi connectivity index (χ1v) is 12.8. The summed E-state index contributed by atoms with van der Waals surface area (Å²) in [6.07, 6.45) is 13.1. The van der Waals surface area contributed by atoms with E-state index in [0.717, 1.165) is 17.8 Å². The Bertz CT molecular complexity index is 479. The zero-order chi connectivity index (χ0) is 19.0. The summed E-state index contributed by atoms with van der Waals surface area (Å²) in [5, 5.41) is 4.78. The Morgan fingerprint density at radius 1 is 0.889 bits per heavy atom. The van der Waals surface area contributed by atoms with Gasteiger partial charge in [-0.05, 0) is 68.6 Å². The number of thioether (sulfide) groups is 1. The quantitative estimate of drug-likeness (QED) is 0.675. The minimum absolute atomic E-state index is 0.338. The van der Waals surface area contributed by atoms with Gasteiger partial charge in [0.1, 0.15) is 0 Å². The second kappa shape index (κ2) is 8.53. The highest BCUT2D eigenvalue weighted by Gasteiger charge is 2.47. The zero-order valence-electron chi connectivity index (χ0n) is 18.0. The molecule has 0 radical (unpaired) electrons. The molecule has 4 fully saturated rings. The third-order valence-corrected chi connectivity index (χ3v) is 9.66. The molecule has 0 aromatic heterocycles. The minimum Gasteiger partial charge on any atom is -0.301 e. The van der Waals surface area contributed by atoms with Crippen LogP contribution in [0.4, 0.5) is 0 Å². The molecule has 2 N–H and O–H groups in total. The van der Waals surface area contributed by atoms with Crippen molar-refractivity contribution in [1.82, 2.24) is 10.8 Å². The van der Waals surface area contributed by atoms with Crippen molar-refractivity contribution in [2.75, 3.05) is 5.75 Å². The SMILES string of the molecule is CC1ONC(C2CCCCC2)C1C1CSC(C2CCC(C(C)(C)C)CC2)N1. The van der Waals surface area contributed by atoms with Crippen LogP contribution in [-0.4, -0.2) is 29.3 Å². The van der Waals surface area contributed by atoms with Crippen LogP contribution in [0.1, 0.15) is 85.5 Å². The summed E-state index contributed by atoms with van der Waals surface area (Å²) in [5.41, 5.74) is 3.96. The van der Waals surface area contributed by atoms with E-state index in [0.29, 0.717) is 34.9 Å². The Morgan fingerprint density at radius 3 is 2.26 bits per heavy atom. The number of nitrogens with one attached hydrogen (secondary N) is 2. The number of hydrogen-bond donors (Lipinski definition) is 2. The standard InChI is InChI=1S/C23H42N2OS/c1-15-20(21(25-26-15)16-8-6-5-7-9-16)19-14-27-22(24-19)17-10-12-18(13-11-17)23(2,3)4/h15-22,24-25H,5-14H2,1-4H3. The monoisotopic (exact) mass is 394 g/mol. The molecule has 2 heterocycles. The predicted molar refractivity (Wildman–Crippen MR) is 116 cm³/mol. The summed E-state index contributed by atoms with van der Waals surface area (Å²) in [5.74, 6) is 4.52. The summed E-state index contributed by atoms with van der Waals surface area (Å²) in [7, 11) is 0. The van der Waals surface area contributed by atoms with Crippen molar-refractivity contribution in [3.63, 3.8) is 0 Å². The fraction of sp³-hybridized carbons (Fsp3) is 1.00. The molecule has 156 valence electrons. The topological polar surface area (TPSA) is 33.3 Å². The van der Waals surface area contributed by atoms with Crippen molar-refractivity contribution in [2.45, 2.75) is 109 Å². The molecule has 4 heteroatoms.